The largest absolute Gasteiger partial charge is 0.305 e. The number of aromatic nitrogens is 2. The lowest BCUT2D eigenvalue weighted by molar-refractivity contribution is 1.06. The zero-order chi connectivity index (χ0) is 12.4. The standard InChI is InChI=1S/C15H11BrN2/c16-15-10-18(11-17-15)14-8-4-7-13(9-14)12-5-2-1-3-6-12/h1-11H. The van der Waals surface area contributed by atoms with Crippen LogP contribution in [0.4, 0.5) is 0 Å². The van der Waals surface area contributed by atoms with Gasteiger partial charge in [0.2, 0.25) is 0 Å². The van der Waals surface area contributed by atoms with Crippen molar-refractivity contribution in [1.29, 1.82) is 0 Å². The van der Waals surface area contributed by atoms with Crippen LogP contribution in [-0.4, -0.2) is 9.55 Å². The first-order valence-corrected chi connectivity index (χ1v) is 6.47. The molecule has 0 atom stereocenters. The van der Waals surface area contributed by atoms with Crippen LogP contribution in [-0.2, 0) is 0 Å². The van der Waals surface area contributed by atoms with Crippen molar-refractivity contribution in [3.05, 3.63) is 71.7 Å². The monoisotopic (exact) mass is 298 g/mol. The van der Waals surface area contributed by atoms with Crippen molar-refractivity contribution >= 4 is 15.9 Å². The Hall–Kier alpha value is -1.87. The first-order chi connectivity index (χ1) is 8.83. The molecule has 0 N–H and O–H groups in total. The first-order valence-electron chi connectivity index (χ1n) is 5.68. The minimum absolute atomic E-state index is 0.840. The van der Waals surface area contributed by atoms with E-state index in [0.717, 1.165) is 10.3 Å². The maximum atomic E-state index is 4.18. The van der Waals surface area contributed by atoms with Gasteiger partial charge in [0.05, 0.1) is 0 Å². The van der Waals surface area contributed by atoms with Crippen LogP contribution in [0.3, 0.4) is 0 Å². The van der Waals surface area contributed by atoms with Crippen LogP contribution in [0.2, 0.25) is 0 Å². The average molecular weight is 299 g/mol. The summed E-state index contributed by atoms with van der Waals surface area (Å²) in [6.07, 6.45) is 3.75. The number of hydrogen-bond acceptors (Lipinski definition) is 1. The van der Waals surface area contributed by atoms with Gasteiger partial charge < -0.3 is 4.57 Å². The molecule has 0 bridgehead atoms. The van der Waals surface area contributed by atoms with Gasteiger partial charge in [-0.2, -0.15) is 0 Å². The Balaban J connectivity index is 2.05. The second-order valence-electron chi connectivity index (χ2n) is 4.02. The summed E-state index contributed by atoms with van der Waals surface area (Å²) in [5.74, 6) is 0. The van der Waals surface area contributed by atoms with Crippen LogP contribution in [0.25, 0.3) is 16.8 Å². The zero-order valence-corrected chi connectivity index (χ0v) is 11.2. The molecule has 0 fully saturated rings. The second-order valence-corrected chi connectivity index (χ2v) is 4.83. The van der Waals surface area contributed by atoms with Crippen LogP contribution in [0, 0.1) is 0 Å². The highest BCUT2D eigenvalue weighted by Gasteiger charge is 2.01. The molecule has 0 aliphatic carbocycles. The molecule has 88 valence electrons. The summed E-state index contributed by atoms with van der Waals surface area (Å²) in [6.45, 7) is 0. The summed E-state index contributed by atoms with van der Waals surface area (Å²) in [5.41, 5.74) is 3.53. The third-order valence-electron chi connectivity index (χ3n) is 2.80. The van der Waals surface area contributed by atoms with Crippen molar-refractivity contribution < 1.29 is 0 Å². The number of halogens is 1. The molecule has 0 unspecified atom stereocenters. The molecule has 1 heterocycles. The maximum Gasteiger partial charge on any atom is 0.124 e. The quantitative estimate of drug-likeness (QED) is 0.690. The van der Waals surface area contributed by atoms with E-state index in [1.165, 1.54) is 11.1 Å². The molecule has 1 aromatic heterocycles. The molecular weight excluding hydrogens is 288 g/mol. The Morgan fingerprint density at radius 3 is 2.39 bits per heavy atom. The van der Waals surface area contributed by atoms with Gasteiger partial charge in [0.25, 0.3) is 0 Å². The summed E-state index contributed by atoms with van der Waals surface area (Å²) < 4.78 is 2.84. The van der Waals surface area contributed by atoms with Crippen molar-refractivity contribution in [1.82, 2.24) is 9.55 Å². The average Bonchev–Trinajstić information content (AvgIpc) is 2.87. The molecule has 3 aromatic rings. The Labute approximate surface area is 114 Å². The van der Waals surface area contributed by atoms with E-state index in [-0.39, 0.29) is 0 Å². The van der Waals surface area contributed by atoms with Gasteiger partial charge in [-0.05, 0) is 39.2 Å². The molecule has 2 aromatic carbocycles. The van der Waals surface area contributed by atoms with E-state index < -0.39 is 0 Å². The van der Waals surface area contributed by atoms with Crippen LogP contribution < -0.4 is 0 Å². The molecule has 0 radical (unpaired) electrons. The maximum absolute atomic E-state index is 4.18. The minimum atomic E-state index is 0.840. The van der Waals surface area contributed by atoms with Gasteiger partial charge >= 0.3 is 0 Å². The molecule has 0 aliphatic rings. The number of nitrogens with zero attached hydrogens (tertiary/aromatic N) is 2. The van der Waals surface area contributed by atoms with Crippen LogP contribution in [0.15, 0.2) is 71.7 Å². The smallest absolute Gasteiger partial charge is 0.124 e. The molecule has 0 amide bonds. The van der Waals surface area contributed by atoms with E-state index in [1.54, 1.807) is 6.33 Å². The summed E-state index contributed by atoms with van der Waals surface area (Å²) in [5, 5.41) is 0. The van der Waals surface area contributed by atoms with Crippen LogP contribution in [0.1, 0.15) is 0 Å². The van der Waals surface area contributed by atoms with Crippen molar-refractivity contribution in [3.8, 4) is 16.8 Å². The van der Waals surface area contributed by atoms with E-state index in [9.17, 15) is 0 Å². The SMILES string of the molecule is Brc1cn(-c2cccc(-c3ccccc3)c2)cn1. The molecule has 0 aliphatic heterocycles. The number of rotatable bonds is 2. The topological polar surface area (TPSA) is 17.8 Å². The fourth-order valence-corrected chi connectivity index (χ4v) is 2.23. The molecule has 0 spiro atoms. The van der Waals surface area contributed by atoms with Crippen molar-refractivity contribution in [2.45, 2.75) is 0 Å². The van der Waals surface area contributed by atoms with Crippen molar-refractivity contribution in [2.75, 3.05) is 0 Å². The lowest BCUT2D eigenvalue weighted by atomic mass is 10.1. The van der Waals surface area contributed by atoms with E-state index in [2.05, 4.69) is 69.4 Å². The minimum Gasteiger partial charge on any atom is -0.305 e. The Bertz CT molecular complexity index is 659. The molecule has 0 saturated carbocycles. The summed E-state index contributed by atoms with van der Waals surface area (Å²) >= 11 is 3.36. The predicted molar refractivity (Wildman–Crippen MR) is 76.7 cm³/mol. The fourth-order valence-electron chi connectivity index (χ4n) is 1.92. The molecule has 18 heavy (non-hydrogen) atoms. The highest BCUT2D eigenvalue weighted by atomic mass is 79.9. The van der Waals surface area contributed by atoms with E-state index in [4.69, 9.17) is 0 Å². The van der Waals surface area contributed by atoms with Gasteiger partial charge in [0.1, 0.15) is 10.9 Å². The third kappa shape index (κ3) is 2.22. The molecule has 3 heteroatoms. The number of hydrogen-bond donors (Lipinski definition) is 0. The Kier molecular flexibility index (Phi) is 2.99. The lowest BCUT2D eigenvalue weighted by Crippen LogP contribution is -1.90. The predicted octanol–water partition coefficient (Wildman–Crippen LogP) is 4.30. The molecule has 0 saturated heterocycles. The van der Waals surface area contributed by atoms with Gasteiger partial charge in [-0.25, -0.2) is 4.98 Å². The van der Waals surface area contributed by atoms with Crippen LogP contribution in [0.5, 0.6) is 0 Å². The van der Waals surface area contributed by atoms with E-state index in [1.807, 2.05) is 16.8 Å². The highest BCUT2D eigenvalue weighted by Crippen LogP contribution is 2.22. The lowest BCUT2D eigenvalue weighted by Gasteiger charge is -2.06. The molecule has 2 nitrogen and oxygen atoms in total. The fraction of sp³-hybridized carbons (Fsp3) is 0. The first kappa shape index (κ1) is 11.2. The van der Waals surface area contributed by atoms with E-state index in [0.29, 0.717) is 0 Å². The van der Waals surface area contributed by atoms with Crippen molar-refractivity contribution in [2.24, 2.45) is 0 Å². The van der Waals surface area contributed by atoms with Gasteiger partial charge in [0.15, 0.2) is 0 Å². The third-order valence-corrected chi connectivity index (χ3v) is 3.21. The Morgan fingerprint density at radius 2 is 1.67 bits per heavy atom. The summed E-state index contributed by atoms with van der Waals surface area (Å²) in [4.78, 5) is 4.18. The van der Waals surface area contributed by atoms with Gasteiger partial charge in [-0.15, -0.1) is 0 Å². The Morgan fingerprint density at radius 1 is 0.889 bits per heavy atom. The summed E-state index contributed by atoms with van der Waals surface area (Å²) in [7, 11) is 0. The van der Waals surface area contributed by atoms with Gasteiger partial charge in [-0.1, -0.05) is 42.5 Å². The summed E-state index contributed by atoms with van der Waals surface area (Å²) in [6, 6.07) is 18.8. The van der Waals surface area contributed by atoms with Crippen molar-refractivity contribution in [3.63, 3.8) is 0 Å². The zero-order valence-electron chi connectivity index (χ0n) is 9.62. The van der Waals surface area contributed by atoms with E-state index >= 15 is 0 Å². The second kappa shape index (κ2) is 4.78. The van der Waals surface area contributed by atoms with Crippen LogP contribution >= 0.6 is 15.9 Å². The number of imidazole rings is 1. The highest BCUT2D eigenvalue weighted by molar-refractivity contribution is 9.10. The normalized spacial score (nSPS) is 10.5. The van der Waals surface area contributed by atoms with Gasteiger partial charge in [0, 0.05) is 11.9 Å². The molecule has 3 rings (SSSR count). The number of benzene rings is 2. The van der Waals surface area contributed by atoms with Gasteiger partial charge in [-0.3, -0.25) is 0 Å². The molecular formula is C15H11BrN2.